The fourth-order valence-corrected chi connectivity index (χ4v) is 5.38. The van der Waals surface area contributed by atoms with E-state index in [1.807, 2.05) is 39.0 Å². The van der Waals surface area contributed by atoms with E-state index >= 15 is 0 Å². The van der Waals surface area contributed by atoms with Gasteiger partial charge in [0.25, 0.3) is 0 Å². The minimum absolute atomic E-state index is 0.117. The Labute approximate surface area is 166 Å². The normalized spacial score (nSPS) is 25.0. The number of hydrogen-bond donors (Lipinski definition) is 1. The van der Waals surface area contributed by atoms with E-state index in [2.05, 4.69) is 15.5 Å². The number of carbonyl (C=O) groups is 1. The van der Waals surface area contributed by atoms with Crippen molar-refractivity contribution in [2.75, 3.05) is 6.54 Å². The third kappa shape index (κ3) is 2.80. The highest BCUT2D eigenvalue weighted by molar-refractivity contribution is 5.99. The van der Waals surface area contributed by atoms with E-state index in [0.717, 1.165) is 48.3 Å². The Balaban J connectivity index is 1.62. The number of hydrogen-bond acceptors (Lipinski definition) is 4. The van der Waals surface area contributed by atoms with Crippen LogP contribution in [0.25, 0.3) is 5.69 Å². The smallest absolute Gasteiger partial charge is 0.178 e. The maximum absolute atomic E-state index is 13.2. The van der Waals surface area contributed by atoms with Crippen LogP contribution >= 0.6 is 0 Å². The lowest BCUT2D eigenvalue weighted by Gasteiger charge is -2.37. The predicted molar refractivity (Wildman–Crippen MR) is 108 cm³/mol. The number of nitriles is 1. The number of aromatic nitrogens is 1. The van der Waals surface area contributed by atoms with Gasteiger partial charge in [-0.05, 0) is 76.8 Å². The first-order valence-electron chi connectivity index (χ1n) is 10.0. The number of fused-ring (bicyclic) bond motifs is 2. The van der Waals surface area contributed by atoms with Crippen molar-refractivity contribution >= 4 is 5.78 Å². The summed E-state index contributed by atoms with van der Waals surface area (Å²) in [6.07, 6.45) is 3.68. The Kier molecular flexibility index (Phi) is 4.65. The summed E-state index contributed by atoms with van der Waals surface area (Å²) in [5, 5.41) is 19.4. The van der Waals surface area contributed by atoms with Gasteiger partial charge in [-0.25, -0.2) is 0 Å². The number of benzene rings is 1. The molecule has 0 radical (unpaired) electrons. The summed E-state index contributed by atoms with van der Waals surface area (Å²) in [6, 6.07) is 11.9. The summed E-state index contributed by atoms with van der Waals surface area (Å²) in [4.78, 5) is 15.5. The maximum Gasteiger partial charge on any atom is 0.178 e. The molecule has 3 heterocycles. The number of aliphatic hydroxyl groups is 1. The summed E-state index contributed by atoms with van der Waals surface area (Å²) in [7, 11) is 0. The molecule has 0 saturated carbocycles. The summed E-state index contributed by atoms with van der Waals surface area (Å²) in [6.45, 7) is 6.20. The first kappa shape index (κ1) is 18.9. The molecule has 2 aromatic rings. The van der Waals surface area contributed by atoms with Gasteiger partial charge in [-0.3, -0.25) is 9.69 Å². The molecule has 2 aliphatic heterocycles. The van der Waals surface area contributed by atoms with Crippen LogP contribution in [0.4, 0.5) is 0 Å². The number of nitrogens with zero attached hydrogens (tertiary/aromatic N) is 3. The first-order chi connectivity index (χ1) is 13.4. The van der Waals surface area contributed by atoms with Crippen molar-refractivity contribution < 1.29 is 9.90 Å². The number of rotatable bonds is 5. The van der Waals surface area contributed by atoms with Crippen LogP contribution in [0.5, 0.6) is 0 Å². The van der Waals surface area contributed by atoms with Crippen molar-refractivity contribution in [3.05, 3.63) is 52.8 Å². The van der Waals surface area contributed by atoms with Crippen LogP contribution < -0.4 is 0 Å². The molecule has 1 aromatic heterocycles. The van der Waals surface area contributed by atoms with E-state index < -0.39 is 6.10 Å². The molecule has 1 aromatic carbocycles. The second-order valence-electron chi connectivity index (χ2n) is 8.34. The molecule has 0 unspecified atom stereocenters. The molecular weight excluding hydrogens is 350 g/mol. The Morgan fingerprint density at radius 1 is 1.29 bits per heavy atom. The molecule has 2 saturated heterocycles. The lowest BCUT2D eigenvalue weighted by atomic mass is 9.83. The minimum atomic E-state index is -0.418. The molecule has 4 rings (SSSR count). The van der Waals surface area contributed by atoms with Crippen molar-refractivity contribution in [3.63, 3.8) is 0 Å². The van der Waals surface area contributed by atoms with Crippen molar-refractivity contribution in [2.24, 2.45) is 0 Å². The average molecular weight is 377 g/mol. The van der Waals surface area contributed by atoms with Crippen LogP contribution in [0, 0.1) is 25.2 Å². The van der Waals surface area contributed by atoms with E-state index in [-0.39, 0.29) is 11.3 Å². The van der Waals surface area contributed by atoms with Crippen molar-refractivity contribution in [3.8, 4) is 11.8 Å². The summed E-state index contributed by atoms with van der Waals surface area (Å²) in [5.74, 6) is 0.117. The molecule has 0 spiro atoms. The van der Waals surface area contributed by atoms with Gasteiger partial charge in [-0.1, -0.05) is 0 Å². The Bertz CT molecular complexity index is 941. The van der Waals surface area contributed by atoms with Crippen LogP contribution in [0.2, 0.25) is 0 Å². The minimum Gasteiger partial charge on any atom is -0.391 e. The lowest BCUT2D eigenvalue weighted by Crippen LogP contribution is -2.51. The third-order valence-electron chi connectivity index (χ3n) is 6.91. The zero-order valence-corrected chi connectivity index (χ0v) is 16.8. The molecular formula is C23H27N3O2. The summed E-state index contributed by atoms with van der Waals surface area (Å²) < 4.78 is 2.07. The van der Waals surface area contributed by atoms with Gasteiger partial charge in [0, 0.05) is 34.2 Å². The Hall–Kier alpha value is -2.42. The maximum atomic E-state index is 13.2. The van der Waals surface area contributed by atoms with Crippen molar-refractivity contribution in [1.29, 1.82) is 5.26 Å². The van der Waals surface area contributed by atoms with E-state index in [0.29, 0.717) is 18.2 Å². The van der Waals surface area contributed by atoms with Crippen LogP contribution in [0.3, 0.4) is 0 Å². The monoisotopic (exact) mass is 377 g/mol. The van der Waals surface area contributed by atoms with Gasteiger partial charge in [-0.15, -0.1) is 0 Å². The number of ketones is 1. The topological polar surface area (TPSA) is 69.3 Å². The Morgan fingerprint density at radius 2 is 1.93 bits per heavy atom. The summed E-state index contributed by atoms with van der Waals surface area (Å²) in [5.41, 5.74) is 4.02. The first-order valence-corrected chi connectivity index (χ1v) is 10.0. The molecule has 1 atom stereocenters. The molecule has 28 heavy (non-hydrogen) atoms. The second-order valence-corrected chi connectivity index (χ2v) is 8.34. The van der Waals surface area contributed by atoms with E-state index in [9.17, 15) is 9.90 Å². The Morgan fingerprint density at radius 3 is 2.50 bits per heavy atom. The largest absolute Gasteiger partial charge is 0.391 e. The van der Waals surface area contributed by atoms with Crippen molar-refractivity contribution in [1.82, 2.24) is 9.47 Å². The van der Waals surface area contributed by atoms with Gasteiger partial charge in [-0.2, -0.15) is 5.26 Å². The molecule has 0 amide bonds. The number of aryl methyl sites for hydroxylation is 1. The highest BCUT2D eigenvalue weighted by atomic mass is 16.3. The predicted octanol–water partition coefficient (Wildman–Crippen LogP) is 3.53. The average Bonchev–Trinajstić information content (AvgIpc) is 3.32. The highest BCUT2D eigenvalue weighted by Crippen LogP contribution is 2.48. The van der Waals surface area contributed by atoms with E-state index in [1.54, 1.807) is 12.1 Å². The zero-order valence-electron chi connectivity index (χ0n) is 16.8. The zero-order chi connectivity index (χ0) is 20.1. The van der Waals surface area contributed by atoms with Gasteiger partial charge >= 0.3 is 0 Å². The van der Waals surface area contributed by atoms with E-state index in [1.165, 1.54) is 0 Å². The fraction of sp³-hybridized carbons (Fsp3) is 0.478. The van der Waals surface area contributed by atoms with Gasteiger partial charge in [0.05, 0.1) is 24.3 Å². The van der Waals surface area contributed by atoms with Gasteiger partial charge < -0.3 is 9.67 Å². The number of Topliss-reactive ketones (excluding diaryl/α,β-unsaturated/α-hetero) is 1. The molecule has 2 fully saturated rings. The molecule has 1 N–H and O–H groups in total. The SMILES string of the molecule is Cc1cc(C(=O)CN2C3CCC2([C@@H](C)O)CC3)c(C)n1-c1ccc(C#N)cc1. The van der Waals surface area contributed by atoms with Crippen molar-refractivity contribution in [2.45, 2.75) is 64.1 Å². The third-order valence-corrected chi connectivity index (χ3v) is 6.91. The van der Waals surface area contributed by atoms with Crippen LogP contribution in [0.15, 0.2) is 30.3 Å². The number of carbonyl (C=O) groups excluding carboxylic acids is 1. The second kappa shape index (κ2) is 6.88. The van der Waals surface area contributed by atoms with Gasteiger partial charge in [0.1, 0.15) is 0 Å². The number of aliphatic hydroxyl groups excluding tert-OH is 1. The lowest BCUT2D eigenvalue weighted by molar-refractivity contribution is 0.0162. The van der Waals surface area contributed by atoms with Crippen LogP contribution in [-0.4, -0.2) is 44.6 Å². The molecule has 0 aliphatic carbocycles. The van der Waals surface area contributed by atoms with Crippen LogP contribution in [-0.2, 0) is 0 Å². The molecule has 5 heteroatoms. The highest BCUT2D eigenvalue weighted by Gasteiger charge is 2.54. The quantitative estimate of drug-likeness (QED) is 0.810. The van der Waals surface area contributed by atoms with E-state index in [4.69, 9.17) is 5.26 Å². The van der Waals surface area contributed by atoms with Gasteiger partial charge in [0.15, 0.2) is 5.78 Å². The summed E-state index contributed by atoms with van der Waals surface area (Å²) >= 11 is 0. The molecule has 2 bridgehead atoms. The molecule has 2 aliphatic rings. The van der Waals surface area contributed by atoms with Gasteiger partial charge in [0.2, 0.25) is 0 Å². The molecule has 146 valence electrons. The fourth-order valence-electron chi connectivity index (χ4n) is 5.38. The molecule has 5 nitrogen and oxygen atoms in total. The standard InChI is InChI=1S/C23H27N3O2/c1-15-12-21(16(2)26(15)20-6-4-18(13-24)5-7-20)22(28)14-25-19-8-10-23(25,11-9-19)17(3)27/h4-7,12,17,19,27H,8-11,14H2,1-3H3/t17-,19?,23?/m1/s1. The van der Waals surface area contributed by atoms with Crippen LogP contribution in [0.1, 0.15) is 59.9 Å².